The number of halogens is 3. The maximum absolute atomic E-state index is 12.8. The van der Waals surface area contributed by atoms with Gasteiger partial charge in [-0.15, -0.1) is 0 Å². The van der Waals surface area contributed by atoms with Crippen molar-refractivity contribution >= 4 is 5.97 Å². The summed E-state index contributed by atoms with van der Waals surface area (Å²) in [6.45, 7) is 3.13. The van der Waals surface area contributed by atoms with Crippen LogP contribution in [0.4, 0.5) is 13.2 Å². The first-order valence-electron chi connectivity index (χ1n) is 8.12. The van der Waals surface area contributed by atoms with Crippen molar-refractivity contribution in [2.75, 3.05) is 7.11 Å². The summed E-state index contributed by atoms with van der Waals surface area (Å²) < 4.78 is 45.1. The topological polar surface area (TPSA) is 88.1 Å². The highest BCUT2D eigenvalue weighted by atomic mass is 19.4. The van der Waals surface area contributed by atoms with Gasteiger partial charge in [0, 0.05) is 12.1 Å². The minimum Gasteiger partial charge on any atom is -0.496 e. The maximum Gasteiger partial charge on any atom is 0.391 e. The number of aromatic nitrogens is 2. The SMILES string of the molecule is CCn1nc(C(=O)O)c(C#N)c1-c1ccc(CC(C)C(F)(F)F)cc1OC. The van der Waals surface area contributed by atoms with E-state index < -0.39 is 18.1 Å². The first kappa shape index (κ1) is 20.3. The molecule has 9 heteroatoms. The Morgan fingerprint density at radius 2 is 2.11 bits per heavy atom. The highest BCUT2D eigenvalue weighted by Gasteiger charge is 2.36. The Bertz CT molecular complexity index is 898. The first-order valence-corrected chi connectivity index (χ1v) is 8.12. The molecule has 2 rings (SSSR count). The molecule has 0 spiro atoms. The van der Waals surface area contributed by atoms with Crippen molar-refractivity contribution in [3.05, 3.63) is 35.0 Å². The fraction of sp³-hybridized carbons (Fsp3) is 0.389. The summed E-state index contributed by atoms with van der Waals surface area (Å²) in [6.07, 6.45) is -4.53. The predicted molar refractivity (Wildman–Crippen MR) is 90.5 cm³/mol. The van der Waals surface area contributed by atoms with Gasteiger partial charge in [-0.25, -0.2) is 4.79 Å². The summed E-state index contributed by atoms with van der Waals surface area (Å²) in [5, 5.41) is 22.6. The van der Waals surface area contributed by atoms with Crippen LogP contribution in [0.3, 0.4) is 0 Å². The molecule has 6 nitrogen and oxygen atoms in total. The van der Waals surface area contributed by atoms with Gasteiger partial charge in [-0.1, -0.05) is 13.0 Å². The minimum atomic E-state index is -4.31. The van der Waals surface area contributed by atoms with Crippen LogP contribution in [0.15, 0.2) is 18.2 Å². The minimum absolute atomic E-state index is 0.126. The van der Waals surface area contributed by atoms with Gasteiger partial charge in [0.05, 0.1) is 18.7 Å². The number of hydrogen-bond donors (Lipinski definition) is 1. The van der Waals surface area contributed by atoms with Gasteiger partial charge in [0.25, 0.3) is 0 Å². The first-order chi connectivity index (χ1) is 12.6. The number of methoxy groups -OCH3 is 1. The second-order valence-electron chi connectivity index (χ2n) is 5.99. The number of rotatable bonds is 6. The molecule has 0 aliphatic heterocycles. The van der Waals surface area contributed by atoms with Gasteiger partial charge in [-0.2, -0.15) is 23.5 Å². The summed E-state index contributed by atoms with van der Waals surface area (Å²) in [4.78, 5) is 11.4. The summed E-state index contributed by atoms with van der Waals surface area (Å²) in [6, 6.07) is 6.34. The molecule has 0 fully saturated rings. The molecule has 0 saturated carbocycles. The van der Waals surface area contributed by atoms with E-state index in [1.165, 1.54) is 30.0 Å². The van der Waals surface area contributed by atoms with Crippen molar-refractivity contribution in [1.29, 1.82) is 5.26 Å². The van der Waals surface area contributed by atoms with Crippen molar-refractivity contribution < 1.29 is 27.8 Å². The maximum atomic E-state index is 12.8. The third-order valence-electron chi connectivity index (χ3n) is 4.19. The van der Waals surface area contributed by atoms with Crippen LogP contribution in [0.25, 0.3) is 11.3 Å². The number of ether oxygens (including phenoxy) is 1. The van der Waals surface area contributed by atoms with Gasteiger partial charge < -0.3 is 9.84 Å². The highest BCUT2D eigenvalue weighted by Crippen LogP contribution is 2.36. The average molecular weight is 381 g/mol. The van der Waals surface area contributed by atoms with Crippen LogP contribution in [-0.4, -0.2) is 34.1 Å². The molecule has 1 unspecified atom stereocenters. The van der Waals surface area contributed by atoms with Crippen molar-refractivity contribution in [3.8, 4) is 23.1 Å². The predicted octanol–water partition coefficient (Wildman–Crippen LogP) is 3.89. The third-order valence-corrected chi connectivity index (χ3v) is 4.19. The Hall–Kier alpha value is -3.02. The number of hydrogen-bond acceptors (Lipinski definition) is 4. The van der Waals surface area contributed by atoms with E-state index in [0.29, 0.717) is 17.7 Å². The zero-order valence-corrected chi connectivity index (χ0v) is 15.0. The summed E-state index contributed by atoms with van der Waals surface area (Å²) in [5.41, 5.74) is 0.550. The molecule has 1 atom stereocenters. The monoisotopic (exact) mass is 381 g/mol. The van der Waals surface area contributed by atoms with Crippen LogP contribution in [0.5, 0.6) is 5.75 Å². The van der Waals surface area contributed by atoms with Gasteiger partial charge in [0.1, 0.15) is 17.4 Å². The second kappa shape index (κ2) is 7.70. The standard InChI is InChI=1S/C18H18F3N3O3/c1-4-24-16(13(9-22)15(23-24)17(25)26)12-6-5-11(8-14(12)27-3)7-10(2)18(19,20)21/h5-6,8,10H,4,7H2,1-3H3,(H,25,26). The van der Waals surface area contributed by atoms with Gasteiger partial charge >= 0.3 is 12.1 Å². The van der Waals surface area contributed by atoms with E-state index in [1.54, 1.807) is 6.92 Å². The summed E-state index contributed by atoms with van der Waals surface area (Å²) in [5.74, 6) is -2.62. The fourth-order valence-corrected chi connectivity index (χ4v) is 2.75. The number of aromatic carboxylic acids is 1. The van der Waals surface area contributed by atoms with Crippen LogP contribution in [0.1, 0.15) is 35.5 Å². The van der Waals surface area contributed by atoms with E-state index in [1.807, 2.05) is 6.07 Å². The second-order valence-corrected chi connectivity index (χ2v) is 5.99. The van der Waals surface area contributed by atoms with Crippen molar-refractivity contribution in [1.82, 2.24) is 9.78 Å². The molecule has 1 heterocycles. The molecule has 1 aromatic heterocycles. The molecule has 1 N–H and O–H groups in total. The molecule has 0 aliphatic rings. The number of carboxylic acid groups (broad SMARTS) is 1. The number of nitrogens with zero attached hydrogens (tertiary/aromatic N) is 3. The number of aryl methyl sites for hydroxylation is 1. The van der Waals surface area contributed by atoms with Crippen molar-refractivity contribution in [3.63, 3.8) is 0 Å². The number of alkyl halides is 3. The normalized spacial score (nSPS) is 12.5. The van der Waals surface area contributed by atoms with Crippen LogP contribution < -0.4 is 4.74 Å². The lowest BCUT2D eigenvalue weighted by molar-refractivity contribution is -0.169. The zero-order valence-electron chi connectivity index (χ0n) is 15.0. The van der Waals surface area contributed by atoms with Gasteiger partial charge in [0.15, 0.2) is 5.69 Å². The van der Waals surface area contributed by atoms with E-state index in [4.69, 9.17) is 4.74 Å². The Balaban J connectivity index is 2.58. The smallest absolute Gasteiger partial charge is 0.391 e. The van der Waals surface area contributed by atoms with Gasteiger partial charge in [-0.05, 0) is 31.0 Å². The van der Waals surface area contributed by atoms with E-state index in [2.05, 4.69) is 5.10 Å². The largest absolute Gasteiger partial charge is 0.496 e. The van der Waals surface area contributed by atoms with Gasteiger partial charge in [0.2, 0.25) is 0 Å². The van der Waals surface area contributed by atoms with Crippen LogP contribution in [0, 0.1) is 17.2 Å². The number of nitriles is 1. The third kappa shape index (κ3) is 4.05. The van der Waals surface area contributed by atoms with Crippen LogP contribution >= 0.6 is 0 Å². The van der Waals surface area contributed by atoms with E-state index in [0.717, 1.165) is 6.92 Å². The lowest BCUT2D eigenvalue weighted by atomic mass is 9.97. The molecule has 144 valence electrons. The molecular formula is C18H18F3N3O3. The fourth-order valence-electron chi connectivity index (χ4n) is 2.75. The molecule has 0 saturated heterocycles. The Labute approximate surface area is 153 Å². The molecule has 0 bridgehead atoms. The molecule has 0 amide bonds. The zero-order chi connectivity index (χ0) is 20.4. The molecule has 27 heavy (non-hydrogen) atoms. The van der Waals surface area contributed by atoms with E-state index in [-0.39, 0.29) is 29.1 Å². The van der Waals surface area contributed by atoms with E-state index in [9.17, 15) is 28.3 Å². The average Bonchev–Trinajstić information content (AvgIpc) is 2.99. The van der Waals surface area contributed by atoms with E-state index >= 15 is 0 Å². The number of benzene rings is 1. The molecule has 2 aromatic rings. The summed E-state index contributed by atoms with van der Waals surface area (Å²) >= 11 is 0. The molecule has 0 radical (unpaired) electrons. The number of carboxylic acids is 1. The molecule has 0 aliphatic carbocycles. The Kier molecular flexibility index (Phi) is 5.78. The molecular weight excluding hydrogens is 363 g/mol. The summed E-state index contributed by atoms with van der Waals surface area (Å²) in [7, 11) is 1.35. The van der Waals surface area contributed by atoms with Gasteiger partial charge in [-0.3, -0.25) is 4.68 Å². The van der Waals surface area contributed by atoms with Crippen LogP contribution in [0.2, 0.25) is 0 Å². The molecule has 1 aromatic carbocycles. The van der Waals surface area contributed by atoms with Crippen molar-refractivity contribution in [2.24, 2.45) is 5.92 Å². The highest BCUT2D eigenvalue weighted by molar-refractivity contribution is 5.92. The Morgan fingerprint density at radius 1 is 1.44 bits per heavy atom. The number of carbonyl (C=O) groups is 1. The lowest BCUT2D eigenvalue weighted by Crippen LogP contribution is -2.21. The Morgan fingerprint density at radius 3 is 2.59 bits per heavy atom. The van der Waals surface area contributed by atoms with Crippen LogP contribution in [-0.2, 0) is 13.0 Å². The van der Waals surface area contributed by atoms with Crippen molar-refractivity contribution in [2.45, 2.75) is 33.0 Å². The quantitative estimate of drug-likeness (QED) is 0.820. The lowest BCUT2D eigenvalue weighted by Gasteiger charge is -2.17.